The van der Waals surface area contributed by atoms with Crippen molar-refractivity contribution in [2.75, 3.05) is 0 Å². The quantitative estimate of drug-likeness (QED) is 0.459. The summed E-state index contributed by atoms with van der Waals surface area (Å²) in [6, 6.07) is 13.5. The van der Waals surface area contributed by atoms with E-state index in [4.69, 9.17) is 13.6 Å². The first-order valence-electron chi connectivity index (χ1n) is 8.18. The molecule has 0 spiro atoms. The maximum absolute atomic E-state index is 13.1. The van der Waals surface area contributed by atoms with E-state index in [0.717, 1.165) is 5.56 Å². The van der Waals surface area contributed by atoms with Crippen LogP contribution in [0, 0.1) is 0 Å². The normalized spacial score (nSPS) is 11.7. The first-order valence-corrected chi connectivity index (χ1v) is 8.18. The molecule has 0 bridgehead atoms. The largest absolute Gasteiger partial charge is 0.487 e. The van der Waals surface area contributed by atoms with Crippen molar-refractivity contribution in [1.29, 1.82) is 0 Å². The van der Waals surface area contributed by atoms with Crippen molar-refractivity contribution in [1.82, 2.24) is 4.98 Å². The van der Waals surface area contributed by atoms with Crippen LogP contribution in [0.4, 0.5) is 13.2 Å². The molecular formula is C20H12F3NO4. The maximum Gasteiger partial charge on any atom is 0.417 e. The molecule has 28 heavy (non-hydrogen) atoms. The van der Waals surface area contributed by atoms with Gasteiger partial charge < -0.3 is 13.6 Å². The van der Waals surface area contributed by atoms with Crippen LogP contribution < -0.4 is 10.4 Å². The van der Waals surface area contributed by atoms with Gasteiger partial charge in [0.25, 0.3) is 0 Å². The van der Waals surface area contributed by atoms with Gasteiger partial charge in [-0.05, 0) is 24.3 Å². The van der Waals surface area contributed by atoms with E-state index in [1.165, 1.54) is 24.5 Å². The molecule has 0 aliphatic rings. The average Bonchev–Trinajstić information content (AvgIpc) is 3.14. The Kier molecular flexibility index (Phi) is 4.38. The Balaban J connectivity index is 1.56. The predicted molar refractivity (Wildman–Crippen MR) is 93.8 cm³/mol. The second-order valence-corrected chi connectivity index (χ2v) is 5.93. The molecule has 0 saturated carbocycles. The lowest BCUT2D eigenvalue weighted by molar-refractivity contribution is -0.136. The first kappa shape index (κ1) is 17.8. The zero-order chi connectivity index (χ0) is 19.7. The van der Waals surface area contributed by atoms with Crippen molar-refractivity contribution in [2.45, 2.75) is 12.8 Å². The Hall–Kier alpha value is -3.55. The van der Waals surface area contributed by atoms with E-state index in [2.05, 4.69) is 4.98 Å². The number of rotatable bonds is 4. The minimum atomic E-state index is -4.66. The summed E-state index contributed by atoms with van der Waals surface area (Å²) in [6.07, 6.45) is -3.23. The first-order chi connectivity index (χ1) is 13.4. The minimum absolute atomic E-state index is 0.0328. The van der Waals surface area contributed by atoms with Crippen LogP contribution >= 0.6 is 0 Å². The van der Waals surface area contributed by atoms with E-state index < -0.39 is 17.4 Å². The molecular weight excluding hydrogens is 375 g/mol. The van der Waals surface area contributed by atoms with Crippen LogP contribution in [0.15, 0.2) is 74.5 Å². The van der Waals surface area contributed by atoms with Crippen molar-refractivity contribution in [3.05, 3.63) is 82.5 Å². The summed E-state index contributed by atoms with van der Waals surface area (Å²) in [5.74, 6) is 0.665. The highest BCUT2D eigenvalue weighted by Gasteiger charge is 2.33. The third-order valence-electron chi connectivity index (χ3n) is 3.98. The number of hydrogen-bond acceptors (Lipinski definition) is 5. The summed E-state index contributed by atoms with van der Waals surface area (Å²) in [4.78, 5) is 15.8. The summed E-state index contributed by atoms with van der Waals surface area (Å²) in [6.45, 7) is 0.0328. The lowest BCUT2D eigenvalue weighted by Gasteiger charge is -2.10. The molecule has 142 valence electrons. The standard InChI is InChI=1S/C20H12F3NO4/c21-20(22,23)16-9-18(25)28-17-8-14(6-7-15(16)17)26-10-13-11-27-19(24-13)12-4-2-1-3-5-12/h1-9,11H,10H2. The van der Waals surface area contributed by atoms with Crippen molar-refractivity contribution in [3.63, 3.8) is 0 Å². The lowest BCUT2D eigenvalue weighted by Crippen LogP contribution is -2.11. The lowest BCUT2D eigenvalue weighted by atomic mass is 10.1. The van der Waals surface area contributed by atoms with Gasteiger partial charge in [-0.3, -0.25) is 0 Å². The molecule has 0 fully saturated rings. The summed E-state index contributed by atoms with van der Waals surface area (Å²) >= 11 is 0. The molecule has 2 heterocycles. The van der Waals surface area contributed by atoms with Crippen molar-refractivity contribution < 1.29 is 26.7 Å². The highest BCUT2D eigenvalue weighted by molar-refractivity contribution is 5.82. The number of hydrogen-bond donors (Lipinski definition) is 0. The third kappa shape index (κ3) is 3.62. The summed E-state index contributed by atoms with van der Waals surface area (Å²) < 4.78 is 55.1. The second kappa shape index (κ2) is 6.88. The highest BCUT2D eigenvalue weighted by Crippen LogP contribution is 2.35. The molecule has 0 unspecified atom stereocenters. The molecule has 8 heteroatoms. The van der Waals surface area contributed by atoms with E-state index in [-0.39, 0.29) is 23.3 Å². The van der Waals surface area contributed by atoms with Crippen LogP contribution in [-0.4, -0.2) is 4.98 Å². The zero-order valence-corrected chi connectivity index (χ0v) is 14.2. The van der Waals surface area contributed by atoms with E-state index in [1.807, 2.05) is 30.3 Å². The molecule has 4 rings (SSSR count). The third-order valence-corrected chi connectivity index (χ3v) is 3.98. The fourth-order valence-corrected chi connectivity index (χ4v) is 2.71. The Bertz CT molecular complexity index is 1180. The van der Waals surface area contributed by atoms with Gasteiger partial charge in [0, 0.05) is 23.1 Å². The molecule has 4 aromatic rings. The SMILES string of the molecule is O=c1cc(C(F)(F)F)c2ccc(OCc3coc(-c4ccccc4)n3)cc2o1. The Morgan fingerprint density at radius 1 is 1.04 bits per heavy atom. The molecule has 5 nitrogen and oxygen atoms in total. The molecule has 2 aromatic carbocycles. The van der Waals surface area contributed by atoms with E-state index in [0.29, 0.717) is 17.7 Å². The number of fused-ring (bicyclic) bond motifs is 1. The fraction of sp³-hybridized carbons (Fsp3) is 0.100. The van der Waals surface area contributed by atoms with Gasteiger partial charge in [-0.2, -0.15) is 13.2 Å². The Labute approximate surface area is 156 Å². The number of nitrogens with zero attached hydrogens (tertiary/aromatic N) is 1. The van der Waals surface area contributed by atoms with Gasteiger partial charge in [0.05, 0.1) is 5.56 Å². The Morgan fingerprint density at radius 2 is 1.82 bits per heavy atom. The van der Waals surface area contributed by atoms with Gasteiger partial charge in [0.2, 0.25) is 5.89 Å². The van der Waals surface area contributed by atoms with Crippen LogP contribution in [0.25, 0.3) is 22.4 Å². The average molecular weight is 387 g/mol. The number of benzene rings is 2. The fourth-order valence-electron chi connectivity index (χ4n) is 2.71. The number of aromatic nitrogens is 1. The van der Waals surface area contributed by atoms with Gasteiger partial charge in [-0.1, -0.05) is 18.2 Å². The second-order valence-electron chi connectivity index (χ2n) is 5.93. The molecule has 2 aromatic heterocycles. The molecule has 0 saturated heterocycles. The van der Waals surface area contributed by atoms with Crippen LogP contribution in [0.2, 0.25) is 0 Å². The van der Waals surface area contributed by atoms with Gasteiger partial charge in [0.1, 0.15) is 29.9 Å². The van der Waals surface area contributed by atoms with Crippen molar-refractivity contribution in [3.8, 4) is 17.2 Å². The van der Waals surface area contributed by atoms with Crippen LogP contribution in [0.3, 0.4) is 0 Å². The summed E-state index contributed by atoms with van der Waals surface area (Å²) in [7, 11) is 0. The van der Waals surface area contributed by atoms with Crippen LogP contribution in [0.5, 0.6) is 5.75 Å². The Morgan fingerprint density at radius 3 is 2.57 bits per heavy atom. The molecule has 0 atom stereocenters. The van der Waals surface area contributed by atoms with Gasteiger partial charge in [0.15, 0.2) is 0 Å². The van der Waals surface area contributed by atoms with E-state index >= 15 is 0 Å². The van der Waals surface area contributed by atoms with Crippen LogP contribution in [0.1, 0.15) is 11.3 Å². The number of oxazole rings is 1. The topological polar surface area (TPSA) is 65.5 Å². The molecule has 0 N–H and O–H groups in total. The van der Waals surface area contributed by atoms with Crippen LogP contribution in [-0.2, 0) is 12.8 Å². The van der Waals surface area contributed by atoms with Gasteiger partial charge in [-0.15, -0.1) is 0 Å². The maximum atomic E-state index is 13.1. The minimum Gasteiger partial charge on any atom is -0.487 e. The summed E-state index contributed by atoms with van der Waals surface area (Å²) in [5, 5.41) is -0.216. The molecule has 0 aliphatic heterocycles. The molecule has 0 amide bonds. The smallest absolute Gasteiger partial charge is 0.417 e. The molecule has 0 radical (unpaired) electrons. The number of ether oxygens (including phenoxy) is 1. The van der Waals surface area contributed by atoms with Gasteiger partial charge >= 0.3 is 11.8 Å². The number of halogens is 3. The monoisotopic (exact) mass is 387 g/mol. The zero-order valence-electron chi connectivity index (χ0n) is 14.2. The summed E-state index contributed by atoms with van der Waals surface area (Å²) in [5.41, 5.74) is -1.02. The van der Waals surface area contributed by atoms with E-state index in [1.54, 1.807) is 0 Å². The van der Waals surface area contributed by atoms with E-state index in [9.17, 15) is 18.0 Å². The van der Waals surface area contributed by atoms with Crippen molar-refractivity contribution >= 4 is 11.0 Å². The predicted octanol–water partition coefficient (Wildman–Crippen LogP) is 5.05. The van der Waals surface area contributed by atoms with Gasteiger partial charge in [-0.25, -0.2) is 9.78 Å². The molecule has 0 aliphatic carbocycles. The number of alkyl halides is 3. The highest BCUT2D eigenvalue weighted by atomic mass is 19.4. The van der Waals surface area contributed by atoms with Crippen molar-refractivity contribution in [2.24, 2.45) is 0 Å².